The molecule has 78 valence electrons. The Morgan fingerprint density at radius 1 is 1.50 bits per heavy atom. The molecule has 1 heterocycles. The van der Waals surface area contributed by atoms with Gasteiger partial charge in [-0.05, 0) is 25.5 Å². The van der Waals surface area contributed by atoms with Crippen LogP contribution in [-0.2, 0) is 0 Å². The molecule has 0 aromatic carbocycles. The highest BCUT2D eigenvalue weighted by Crippen LogP contribution is 2.16. The van der Waals surface area contributed by atoms with Gasteiger partial charge in [-0.1, -0.05) is 13.3 Å². The first-order valence-electron chi connectivity index (χ1n) is 4.97. The number of hydrogen-bond acceptors (Lipinski definition) is 2. The third kappa shape index (κ3) is 2.84. The molecule has 0 saturated heterocycles. The Balaban J connectivity index is 2.56. The minimum Gasteiger partial charge on any atom is -0.341 e. The minimum absolute atomic E-state index is 0.150. The van der Waals surface area contributed by atoms with Crippen LogP contribution in [0.25, 0.3) is 0 Å². The van der Waals surface area contributed by atoms with Crippen molar-refractivity contribution in [2.75, 3.05) is 13.6 Å². The molecule has 1 rings (SSSR count). The molecule has 1 amide bonds. The van der Waals surface area contributed by atoms with Crippen molar-refractivity contribution in [3.63, 3.8) is 0 Å². The molecule has 0 aliphatic heterocycles. The average molecular weight is 211 g/mol. The number of carbonyl (C=O) groups excluding carboxylic acids is 1. The van der Waals surface area contributed by atoms with Crippen LogP contribution in [0.2, 0.25) is 0 Å². The van der Waals surface area contributed by atoms with Gasteiger partial charge in [-0.15, -0.1) is 11.3 Å². The summed E-state index contributed by atoms with van der Waals surface area (Å²) in [5.41, 5.74) is 0. The van der Waals surface area contributed by atoms with Gasteiger partial charge in [0.25, 0.3) is 5.91 Å². The van der Waals surface area contributed by atoms with E-state index in [-0.39, 0.29) is 5.91 Å². The summed E-state index contributed by atoms with van der Waals surface area (Å²) in [6.07, 6.45) is 2.20. The van der Waals surface area contributed by atoms with Crippen LogP contribution in [0.3, 0.4) is 0 Å². The van der Waals surface area contributed by atoms with E-state index in [1.807, 2.05) is 26.1 Å². The lowest BCUT2D eigenvalue weighted by molar-refractivity contribution is 0.0798. The second-order valence-electron chi connectivity index (χ2n) is 3.49. The van der Waals surface area contributed by atoms with E-state index in [2.05, 4.69) is 6.92 Å². The lowest BCUT2D eigenvalue weighted by atomic mass is 10.3. The van der Waals surface area contributed by atoms with Crippen LogP contribution in [0.5, 0.6) is 0 Å². The first kappa shape index (κ1) is 11.2. The number of carbonyl (C=O) groups is 1. The molecule has 14 heavy (non-hydrogen) atoms. The molecule has 2 nitrogen and oxygen atoms in total. The molecule has 0 radical (unpaired) electrons. The highest BCUT2D eigenvalue weighted by Gasteiger charge is 2.12. The maximum Gasteiger partial charge on any atom is 0.263 e. The summed E-state index contributed by atoms with van der Waals surface area (Å²) >= 11 is 1.57. The van der Waals surface area contributed by atoms with Gasteiger partial charge in [0.2, 0.25) is 0 Å². The highest BCUT2D eigenvalue weighted by molar-refractivity contribution is 7.13. The number of nitrogens with zero attached hydrogens (tertiary/aromatic N) is 1. The zero-order valence-corrected chi connectivity index (χ0v) is 9.86. The summed E-state index contributed by atoms with van der Waals surface area (Å²) in [7, 11) is 1.87. The molecule has 0 aliphatic rings. The van der Waals surface area contributed by atoms with Crippen LogP contribution in [0.15, 0.2) is 12.1 Å². The van der Waals surface area contributed by atoms with E-state index in [1.54, 1.807) is 16.2 Å². The maximum atomic E-state index is 11.8. The molecule has 0 atom stereocenters. The molecule has 1 aromatic heterocycles. The van der Waals surface area contributed by atoms with E-state index in [4.69, 9.17) is 0 Å². The van der Waals surface area contributed by atoms with Gasteiger partial charge in [-0.25, -0.2) is 0 Å². The zero-order chi connectivity index (χ0) is 10.6. The first-order chi connectivity index (χ1) is 6.65. The second-order valence-corrected chi connectivity index (χ2v) is 4.78. The predicted molar refractivity (Wildman–Crippen MR) is 60.9 cm³/mol. The van der Waals surface area contributed by atoms with Gasteiger partial charge in [0.05, 0.1) is 4.88 Å². The fraction of sp³-hybridized carbons (Fsp3) is 0.545. The van der Waals surface area contributed by atoms with Crippen LogP contribution < -0.4 is 0 Å². The van der Waals surface area contributed by atoms with Crippen molar-refractivity contribution >= 4 is 17.2 Å². The smallest absolute Gasteiger partial charge is 0.263 e. The van der Waals surface area contributed by atoms with Crippen molar-refractivity contribution in [2.45, 2.75) is 26.7 Å². The van der Waals surface area contributed by atoms with Crippen molar-refractivity contribution in [1.29, 1.82) is 0 Å². The topological polar surface area (TPSA) is 20.3 Å². The standard InChI is InChI=1S/C11H17NOS/c1-4-5-8-12(3)11(13)10-7-6-9(2)14-10/h6-7H,4-5,8H2,1-3H3. The third-order valence-electron chi connectivity index (χ3n) is 2.14. The van der Waals surface area contributed by atoms with Crippen LogP contribution in [0, 0.1) is 6.92 Å². The quantitative estimate of drug-likeness (QED) is 0.750. The molecule has 3 heteroatoms. The van der Waals surface area contributed by atoms with Gasteiger partial charge in [0.15, 0.2) is 0 Å². The van der Waals surface area contributed by atoms with Gasteiger partial charge in [0.1, 0.15) is 0 Å². The molecule has 0 unspecified atom stereocenters. The second kappa shape index (κ2) is 5.15. The Morgan fingerprint density at radius 2 is 2.21 bits per heavy atom. The van der Waals surface area contributed by atoms with Gasteiger partial charge in [0, 0.05) is 18.5 Å². The summed E-state index contributed by atoms with van der Waals surface area (Å²) in [6, 6.07) is 3.90. The van der Waals surface area contributed by atoms with Gasteiger partial charge in [-0.2, -0.15) is 0 Å². The van der Waals surface area contributed by atoms with Crippen LogP contribution in [-0.4, -0.2) is 24.4 Å². The Bertz CT molecular complexity index is 306. The van der Waals surface area contributed by atoms with Crippen LogP contribution in [0.4, 0.5) is 0 Å². The Kier molecular flexibility index (Phi) is 4.14. The number of thiophene rings is 1. The minimum atomic E-state index is 0.150. The molecule has 0 bridgehead atoms. The van der Waals surface area contributed by atoms with E-state index >= 15 is 0 Å². The third-order valence-corrected chi connectivity index (χ3v) is 3.13. The van der Waals surface area contributed by atoms with Crippen molar-refractivity contribution in [3.05, 3.63) is 21.9 Å². The monoisotopic (exact) mass is 211 g/mol. The normalized spacial score (nSPS) is 10.2. The molecule has 0 aliphatic carbocycles. The average Bonchev–Trinajstić information content (AvgIpc) is 2.60. The van der Waals surface area contributed by atoms with Crippen LogP contribution in [0.1, 0.15) is 34.3 Å². The lowest BCUT2D eigenvalue weighted by Crippen LogP contribution is -2.26. The van der Waals surface area contributed by atoms with E-state index in [1.165, 1.54) is 4.88 Å². The van der Waals surface area contributed by atoms with Crippen molar-refractivity contribution in [1.82, 2.24) is 4.90 Å². The first-order valence-corrected chi connectivity index (χ1v) is 5.78. The van der Waals surface area contributed by atoms with E-state index in [9.17, 15) is 4.79 Å². The van der Waals surface area contributed by atoms with Crippen molar-refractivity contribution in [3.8, 4) is 0 Å². The largest absolute Gasteiger partial charge is 0.341 e. The lowest BCUT2D eigenvalue weighted by Gasteiger charge is -2.15. The Hall–Kier alpha value is -0.830. The summed E-state index contributed by atoms with van der Waals surface area (Å²) in [4.78, 5) is 15.6. The Labute approximate surface area is 89.5 Å². The van der Waals surface area contributed by atoms with E-state index in [0.717, 1.165) is 24.3 Å². The van der Waals surface area contributed by atoms with Crippen molar-refractivity contribution < 1.29 is 4.79 Å². The molecular formula is C11H17NOS. The van der Waals surface area contributed by atoms with Gasteiger partial charge < -0.3 is 4.90 Å². The van der Waals surface area contributed by atoms with Gasteiger partial charge >= 0.3 is 0 Å². The molecule has 0 fully saturated rings. The summed E-state index contributed by atoms with van der Waals surface area (Å²) in [5, 5.41) is 0. The Morgan fingerprint density at radius 3 is 2.71 bits per heavy atom. The number of unbranched alkanes of at least 4 members (excludes halogenated alkanes) is 1. The summed E-state index contributed by atoms with van der Waals surface area (Å²) < 4.78 is 0. The van der Waals surface area contributed by atoms with Crippen LogP contribution >= 0.6 is 11.3 Å². The fourth-order valence-corrected chi connectivity index (χ4v) is 2.10. The molecule has 1 aromatic rings. The van der Waals surface area contributed by atoms with E-state index < -0.39 is 0 Å². The zero-order valence-electron chi connectivity index (χ0n) is 9.04. The SMILES string of the molecule is CCCCN(C)C(=O)c1ccc(C)s1. The van der Waals surface area contributed by atoms with Crippen molar-refractivity contribution in [2.24, 2.45) is 0 Å². The molecule has 0 spiro atoms. The fourth-order valence-electron chi connectivity index (χ4n) is 1.23. The maximum absolute atomic E-state index is 11.8. The molecular weight excluding hydrogens is 194 g/mol. The number of amides is 1. The summed E-state index contributed by atoms with van der Waals surface area (Å²) in [6.45, 7) is 5.01. The predicted octanol–water partition coefficient (Wildman–Crippen LogP) is 2.93. The molecule has 0 saturated carbocycles. The highest BCUT2D eigenvalue weighted by atomic mass is 32.1. The summed E-state index contributed by atoms with van der Waals surface area (Å²) in [5.74, 6) is 0.150. The number of rotatable bonds is 4. The number of hydrogen-bond donors (Lipinski definition) is 0. The number of aryl methyl sites for hydroxylation is 1. The van der Waals surface area contributed by atoms with Gasteiger partial charge in [-0.3, -0.25) is 4.79 Å². The van der Waals surface area contributed by atoms with E-state index in [0.29, 0.717) is 0 Å². The molecule has 0 N–H and O–H groups in total.